The molecule has 2 nitrogen and oxygen atoms in total. The van der Waals surface area contributed by atoms with E-state index in [2.05, 4.69) is 5.32 Å². The third-order valence-electron chi connectivity index (χ3n) is 2.98. The fourth-order valence-corrected chi connectivity index (χ4v) is 2.10. The lowest BCUT2D eigenvalue weighted by atomic mass is 10.1. The first kappa shape index (κ1) is 14.8. The van der Waals surface area contributed by atoms with Crippen LogP contribution in [0.25, 0.3) is 0 Å². The Hall–Kier alpha value is -1.58. The van der Waals surface area contributed by atoms with Crippen molar-refractivity contribution in [3.63, 3.8) is 0 Å². The lowest BCUT2D eigenvalue weighted by molar-refractivity contribution is 0.134. The first-order valence-electron chi connectivity index (χ1n) is 6.54. The van der Waals surface area contributed by atoms with Gasteiger partial charge in [-0.3, -0.25) is 0 Å². The van der Waals surface area contributed by atoms with Crippen molar-refractivity contribution in [3.8, 4) is 0 Å². The van der Waals surface area contributed by atoms with E-state index >= 15 is 0 Å². The number of hydrogen-bond acceptors (Lipinski definition) is 2. The van der Waals surface area contributed by atoms with Crippen LogP contribution in [0, 0.1) is 5.82 Å². The molecule has 0 aliphatic heterocycles. The highest BCUT2D eigenvalue weighted by Gasteiger charge is 2.07. The fourth-order valence-electron chi connectivity index (χ4n) is 1.91. The normalized spacial score (nSPS) is 10.6. The first-order valence-corrected chi connectivity index (χ1v) is 6.92. The smallest absolute Gasteiger partial charge is 0.146 e. The van der Waals surface area contributed by atoms with Crippen molar-refractivity contribution in [3.05, 3.63) is 64.4 Å². The second-order valence-corrected chi connectivity index (χ2v) is 4.77. The number of ether oxygens (including phenoxy) is 1. The van der Waals surface area contributed by atoms with E-state index in [1.54, 1.807) is 18.2 Å². The van der Waals surface area contributed by atoms with Gasteiger partial charge in [0.05, 0.1) is 11.6 Å². The Bertz CT molecular complexity index is 574. The van der Waals surface area contributed by atoms with Crippen LogP contribution in [0.4, 0.5) is 10.1 Å². The zero-order valence-corrected chi connectivity index (χ0v) is 12.1. The zero-order chi connectivity index (χ0) is 14.4. The van der Waals surface area contributed by atoms with E-state index < -0.39 is 0 Å². The highest BCUT2D eigenvalue weighted by Crippen LogP contribution is 2.21. The van der Waals surface area contributed by atoms with Gasteiger partial charge in [0, 0.05) is 30.0 Å². The zero-order valence-electron chi connectivity index (χ0n) is 11.3. The van der Waals surface area contributed by atoms with Gasteiger partial charge in [0.2, 0.25) is 0 Å². The third kappa shape index (κ3) is 3.71. The number of anilines is 1. The average Bonchev–Trinajstić information content (AvgIpc) is 2.47. The molecule has 0 amide bonds. The minimum absolute atomic E-state index is 0.145. The van der Waals surface area contributed by atoms with Crippen LogP contribution in [0.2, 0.25) is 5.02 Å². The monoisotopic (exact) mass is 293 g/mol. The van der Waals surface area contributed by atoms with Gasteiger partial charge >= 0.3 is 0 Å². The molecule has 2 rings (SSSR count). The second kappa shape index (κ2) is 7.27. The van der Waals surface area contributed by atoms with E-state index in [0.29, 0.717) is 25.3 Å². The molecule has 0 fully saturated rings. The van der Waals surface area contributed by atoms with Crippen molar-refractivity contribution in [1.29, 1.82) is 0 Å². The Balaban J connectivity index is 2.09. The van der Waals surface area contributed by atoms with Crippen LogP contribution in [-0.2, 0) is 17.9 Å². The van der Waals surface area contributed by atoms with Crippen molar-refractivity contribution in [2.45, 2.75) is 20.1 Å². The molecule has 0 atom stereocenters. The highest BCUT2D eigenvalue weighted by molar-refractivity contribution is 6.30. The molecule has 4 heteroatoms. The van der Waals surface area contributed by atoms with Crippen molar-refractivity contribution in [2.24, 2.45) is 0 Å². The summed E-state index contributed by atoms with van der Waals surface area (Å²) in [5.74, 6) is -0.371. The largest absolute Gasteiger partial charge is 0.381 e. The van der Waals surface area contributed by atoms with E-state index in [0.717, 1.165) is 11.3 Å². The molecule has 2 aromatic rings. The average molecular weight is 294 g/mol. The Morgan fingerprint density at radius 1 is 1.10 bits per heavy atom. The van der Waals surface area contributed by atoms with Gasteiger partial charge in [-0.15, -0.1) is 0 Å². The highest BCUT2D eigenvalue weighted by atomic mass is 35.5. The number of rotatable bonds is 6. The Labute approximate surface area is 123 Å². The summed E-state index contributed by atoms with van der Waals surface area (Å²) in [5.41, 5.74) is 2.54. The maximum Gasteiger partial charge on any atom is 0.146 e. The van der Waals surface area contributed by atoms with Gasteiger partial charge in [-0.2, -0.15) is 0 Å². The van der Waals surface area contributed by atoms with E-state index in [1.165, 1.54) is 0 Å². The lowest BCUT2D eigenvalue weighted by Crippen LogP contribution is -2.05. The molecule has 1 N–H and O–H groups in total. The molecule has 0 heterocycles. The molecule has 0 aliphatic rings. The third-order valence-corrected chi connectivity index (χ3v) is 3.27. The molecule has 0 unspecified atom stereocenters. The number of halogens is 2. The van der Waals surface area contributed by atoms with Gasteiger partial charge in [-0.1, -0.05) is 41.9 Å². The van der Waals surface area contributed by atoms with Gasteiger partial charge < -0.3 is 10.1 Å². The number of para-hydroxylation sites is 1. The van der Waals surface area contributed by atoms with Crippen LogP contribution < -0.4 is 5.32 Å². The first-order chi connectivity index (χ1) is 9.72. The van der Waals surface area contributed by atoms with Gasteiger partial charge in [-0.05, 0) is 19.1 Å². The molecule has 0 aliphatic carbocycles. The molecule has 0 spiro atoms. The maximum absolute atomic E-state index is 13.8. The predicted molar refractivity (Wildman–Crippen MR) is 80.5 cm³/mol. The van der Waals surface area contributed by atoms with Crippen LogP contribution in [-0.4, -0.2) is 6.61 Å². The molecule has 0 bridgehead atoms. The van der Waals surface area contributed by atoms with Crippen LogP contribution in [0.1, 0.15) is 18.1 Å². The van der Waals surface area contributed by atoms with Crippen LogP contribution in [0.15, 0.2) is 42.5 Å². The van der Waals surface area contributed by atoms with Crippen molar-refractivity contribution in [2.75, 3.05) is 11.9 Å². The quantitative estimate of drug-likeness (QED) is 0.838. The van der Waals surface area contributed by atoms with Crippen molar-refractivity contribution >= 4 is 17.3 Å². The van der Waals surface area contributed by atoms with Gasteiger partial charge in [0.25, 0.3) is 0 Å². The summed E-state index contributed by atoms with van der Waals surface area (Å²) in [6.45, 7) is 3.54. The van der Waals surface area contributed by atoms with Gasteiger partial charge in [0.15, 0.2) is 0 Å². The predicted octanol–water partition coefficient (Wildman–Crippen LogP) is 4.63. The molecular formula is C16H17ClFNO. The molecular weight excluding hydrogens is 277 g/mol. The van der Waals surface area contributed by atoms with E-state index in [9.17, 15) is 4.39 Å². The summed E-state index contributed by atoms with van der Waals surface area (Å²) in [4.78, 5) is 0. The minimum atomic E-state index is -0.371. The number of hydrogen-bond donors (Lipinski definition) is 1. The van der Waals surface area contributed by atoms with Crippen molar-refractivity contribution < 1.29 is 9.13 Å². The molecule has 20 heavy (non-hydrogen) atoms. The number of nitrogens with one attached hydrogen (secondary N) is 1. The molecule has 0 radical (unpaired) electrons. The molecule has 0 aromatic heterocycles. The van der Waals surface area contributed by atoms with Crippen LogP contribution in [0.3, 0.4) is 0 Å². The fraction of sp³-hybridized carbons (Fsp3) is 0.250. The molecule has 2 aromatic carbocycles. The lowest BCUT2D eigenvalue weighted by Gasteiger charge is -2.12. The summed E-state index contributed by atoms with van der Waals surface area (Å²) < 4.78 is 19.2. The van der Waals surface area contributed by atoms with E-state index in [4.69, 9.17) is 16.3 Å². The Kier molecular flexibility index (Phi) is 5.39. The van der Waals surface area contributed by atoms with E-state index in [-0.39, 0.29) is 10.8 Å². The molecule has 0 saturated carbocycles. The maximum atomic E-state index is 13.8. The Morgan fingerprint density at radius 2 is 1.85 bits per heavy atom. The summed E-state index contributed by atoms with van der Waals surface area (Å²) in [7, 11) is 0. The van der Waals surface area contributed by atoms with Crippen LogP contribution in [0.5, 0.6) is 0 Å². The van der Waals surface area contributed by atoms with Gasteiger partial charge in [0.1, 0.15) is 5.82 Å². The van der Waals surface area contributed by atoms with Crippen LogP contribution >= 0.6 is 11.6 Å². The molecule has 0 saturated heterocycles. The number of benzene rings is 2. The molecule has 106 valence electrons. The summed E-state index contributed by atoms with van der Waals surface area (Å²) in [5, 5.41) is 3.37. The minimum Gasteiger partial charge on any atom is -0.381 e. The SMILES string of the molecule is CCOCc1ccccc1NCc1cccc(Cl)c1F. The van der Waals surface area contributed by atoms with Crippen molar-refractivity contribution in [1.82, 2.24) is 0 Å². The second-order valence-electron chi connectivity index (χ2n) is 4.36. The Morgan fingerprint density at radius 3 is 2.65 bits per heavy atom. The van der Waals surface area contributed by atoms with E-state index in [1.807, 2.05) is 31.2 Å². The topological polar surface area (TPSA) is 21.3 Å². The summed E-state index contributed by atoms with van der Waals surface area (Å²) in [6.07, 6.45) is 0. The summed E-state index contributed by atoms with van der Waals surface area (Å²) in [6, 6.07) is 12.9. The standard InChI is InChI=1S/C16H17ClFNO/c1-2-20-11-13-6-3-4-9-15(13)19-10-12-7-5-8-14(17)16(12)18/h3-9,19H,2,10-11H2,1H3. The summed E-state index contributed by atoms with van der Waals surface area (Å²) >= 11 is 5.77. The van der Waals surface area contributed by atoms with Gasteiger partial charge in [-0.25, -0.2) is 4.39 Å².